The van der Waals surface area contributed by atoms with Crippen molar-refractivity contribution in [1.29, 1.82) is 0 Å². The van der Waals surface area contributed by atoms with Crippen molar-refractivity contribution in [3.05, 3.63) is 0 Å². The number of hydrogen-bond donors (Lipinski definition) is 1. The fraction of sp³-hybridized carbons (Fsp3) is 0.778. The van der Waals surface area contributed by atoms with Crippen molar-refractivity contribution < 1.29 is 9.59 Å². The lowest BCUT2D eigenvalue weighted by Gasteiger charge is -2.47. The van der Waals surface area contributed by atoms with Crippen LogP contribution in [-0.4, -0.2) is 32.6 Å². The lowest BCUT2D eigenvalue weighted by molar-refractivity contribution is -0.166. The lowest BCUT2D eigenvalue weighted by atomic mass is 9.62. The molecule has 2 amide bonds. The van der Waals surface area contributed by atoms with E-state index in [9.17, 15) is 9.59 Å². The number of thioether (sulfide) groups is 1. The zero-order valence-corrected chi connectivity index (χ0v) is 17.6. The molecular weight excluding hydrogens is 354 g/mol. The van der Waals surface area contributed by atoms with Crippen LogP contribution in [0.4, 0.5) is 0 Å². The number of carbonyl (C=O) groups excluding carboxylic acids is 2. The Morgan fingerprint density at radius 1 is 1.40 bits per heavy atom. The number of nitrogens with zero attached hydrogens (tertiary/aromatic N) is 2. The number of piperidine rings is 1. The van der Waals surface area contributed by atoms with Crippen LogP contribution in [0, 0.1) is 22.7 Å². The molecular formula is C18H29N3O2S2. The lowest BCUT2D eigenvalue weighted by Crippen LogP contribution is -2.58. The number of imide groups is 1. The van der Waals surface area contributed by atoms with Gasteiger partial charge in [-0.15, -0.1) is 0 Å². The van der Waals surface area contributed by atoms with E-state index in [1.807, 2.05) is 27.7 Å². The summed E-state index contributed by atoms with van der Waals surface area (Å²) in [6.45, 7) is 12.3. The van der Waals surface area contributed by atoms with Crippen LogP contribution in [0.15, 0.2) is 5.10 Å². The number of likely N-dealkylation sites (tertiary alicyclic amines) is 1. The van der Waals surface area contributed by atoms with Gasteiger partial charge in [-0.2, -0.15) is 5.10 Å². The van der Waals surface area contributed by atoms with Crippen LogP contribution in [0.25, 0.3) is 0 Å². The number of nitrogens with one attached hydrogen (secondary N) is 1. The second-order valence-corrected chi connectivity index (χ2v) is 9.96. The van der Waals surface area contributed by atoms with Gasteiger partial charge in [0.15, 0.2) is 4.32 Å². The second-order valence-electron chi connectivity index (χ2n) is 8.33. The Balaban J connectivity index is 1.97. The first-order valence-electron chi connectivity index (χ1n) is 8.82. The second kappa shape index (κ2) is 7.35. The number of fused-ring (bicyclic) bond motifs is 2. The molecule has 1 N–H and O–H groups in total. The largest absolute Gasteiger partial charge is 0.274 e. The first-order chi connectivity index (χ1) is 11.5. The third-order valence-corrected chi connectivity index (χ3v) is 7.06. The summed E-state index contributed by atoms with van der Waals surface area (Å²) < 4.78 is 0.478. The third kappa shape index (κ3) is 3.77. The van der Waals surface area contributed by atoms with Gasteiger partial charge in [0.2, 0.25) is 11.8 Å². The van der Waals surface area contributed by atoms with Gasteiger partial charge in [0, 0.05) is 11.6 Å². The van der Waals surface area contributed by atoms with Crippen molar-refractivity contribution in [2.45, 2.75) is 60.8 Å². The summed E-state index contributed by atoms with van der Waals surface area (Å²) in [6, 6.07) is 0. The maximum Gasteiger partial charge on any atom is 0.236 e. The molecule has 2 unspecified atom stereocenters. The molecule has 2 aliphatic rings. The zero-order valence-electron chi connectivity index (χ0n) is 16.0. The fourth-order valence-corrected chi connectivity index (χ4v) is 4.76. The van der Waals surface area contributed by atoms with E-state index in [1.165, 1.54) is 16.7 Å². The van der Waals surface area contributed by atoms with E-state index < -0.39 is 5.41 Å². The molecule has 1 aliphatic carbocycles. The van der Waals surface area contributed by atoms with Crippen LogP contribution in [0.5, 0.6) is 0 Å². The van der Waals surface area contributed by atoms with Crippen LogP contribution in [0.3, 0.4) is 0 Å². The fourth-order valence-electron chi connectivity index (χ4n) is 3.96. The highest BCUT2D eigenvalue weighted by Crippen LogP contribution is 2.60. The van der Waals surface area contributed by atoms with Gasteiger partial charge < -0.3 is 0 Å². The number of carbonyl (C=O) groups is 2. The third-order valence-electron chi connectivity index (χ3n) is 5.87. The topological polar surface area (TPSA) is 61.8 Å². The van der Waals surface area contributed by atoms with E-state index in [1.54, 1.807) is 0 Å². The molecule has 2 atom stereocenters. The van der Waals surface area contributed by atoms with E-state index in [2.05, 4.69) is 24.4 Å². The highest BCUT2D eigenvalue weighted by atomic mass is 32.2. The molecule has 2 fully saturated rings. The Bertz CT molecular complexity index is 615. The SMILES string of the molecule is CC(CC(C)C)=NNC(=S)SCN1C(=O)C2CCC(C)(C1=O)C2(C)C. The number of amides is 2. The van der Waals surface area contributed by atoms with Gasteiger partial charge in [-0.1, -0.05) is 58.6 Å². The quantitative estimate of drug-likeness (QED) is 0.339. The first kappa shape index (κ1) is 20.4. The Kier molecular flexibility index (Phi) is 5.99. The molecule has 5 nitrogen and oxygen atoms in total. The normalized spacial score (nSPS) is 28.7. The summed E-state index contributed by atoms with van der Waals surface area (Å²) in [7, 11) is 0. The van der Waals surface area contributed by atoms with Crippen LogP contribution in [-0.2, 0) is 9.59 Å². The number of thiocarbonyl (C=S) groups is 1. The number of rotatable bonds is 5. The summed E-state index contributed by atoms with van der Waals surface area (Å²) in [5.74, 6) is 0.592. The van der Waals surface area contributed by atoms with Crippen molar-refractivity contribution in [3.63, 3.8) is 0 Å². The van der Waals surface area contributed by atoms with Crippen LogP contribution >= 0.6 is 24.0 Å². The molecule has 2 rings (SSSR count). The van der Waals surface area contributed by atoms with Gasteiger partial charge in [-0.25, -0.2) is 0 Å². The summed E-state index contributed by atoms with van der Waals surface area (Å²) in [4.78, 5) is 27.1. The van der Waals surface area contributed by atoms with Crippen molar-refractivity contribution in [1.82, 2.24) is 10.3 Å². The Labute approximate surface area is 160 Å². The summed E-state index contributed by atoms with van der Waals surface area (Å²) in [6.07, 6.45) is 2.47. The summed E-state index contributed by atoms with van der Waals surface area (Å²) >= 11 is 6.55. The minimum Gasteiger partial charge on any atom is -0.274 e. The molecule has 1 saturated carbocycles. The summed E-state index contributed by atoms with van der Waals surface area (Å²) in [5.41, 5.74) is 3.09. The molecule has 0 aromatic heterocycles. The van der Waals surface area contributed by atoms with Crippen LogP contribution in [0.1, 0.15) is 60.8 Å². The molecule has 0 spiro atoms. The monoisotopic (exact) mass is 383 g/mol. The van der Waals surface area contributed by atoms with Gasteiger partial charge in [-0.3, -0.25) is 19.9 Å². The molecule has 1 saturated heterocycles. The van der Waals surface area contributed by atoms with E-state index in [-0.39, 0.29) is 29.0 Å². The van der Waals surface area contributed by atoms with Crippen LogP contribution < -0.4 is 5.43 Å². The van der Waals surface area contributed by atoms with Gasteiger partial charge in [0.05, 0.1) is 11.3 Å². The smallest absolute Gasteiger partial charge is 0.236 e. The van der Waals surface area contributed by atoms with Crippen LogP contribution in [0.2, 0.25) is 0 Å². The highest BCUT2D eigenvalue weighted by molar-refractivity contribution is 8.22. The van der Waals surface area contributed by atoms with E-state index in [0.717, 1.165) is 25.0 Å². The molecule has 0 radical (unpaired) electrons. The molecule has 140 valence electrons. The van der Waals surface area contributed by atoms with Gasteiger partial charge in [0.25, 0.3) is 0 Å². The Morgan fingerprint density at radius 2 is 2.04 bits per heavy atom. The maximum atomic E-state index is 12.9. The Morgan fingerprint density at radius 3 is 2.64 bits per heavy atom. The van der Waals surface area contributed by atoms with E-state index in [0.29, 0.717) is 10.2 Å². The standard InChI is InChI=1S/C18H29N3O2S2/c1-11(2)9-12(3)19-20-16(24)25-10-21-14(22)13-7-8-18(6,15(21)23)17(13,4)5/h11,13H,7-10H2,1-6H3,(H,20,24). The average Bonchev–Trinajstić information content (AvgIpc) is 2.69. The molecule has 0 aromatic carbocycles. The molecule has 7 heteroatoms. The molecule has 25 heavy (non-hydrogen) atoms. The average molecular weight is 384 g/mol. The molecule has 1 aliphatic heterocycles. The summed E-state index contributed by atoms with van der Waals surface area (Å²) in [5, 5.41) is 4.26. The first-order valence-corrected chi connectivity index (χ1v) is 10.2. The highest BCUT2D eigenvalue weighted by Gasteiger charge is 2.64. The Hall–Kier alpha value is -0.950. The van der Waals surface area contributed by atoms with Crippen molar-refractivity contribution >= 4 is 45.8 Å². The maximum absolute atomic E-state index is 12.9. The predicted molar refractivity (Wildman–Crippen MR) is 107 cm³/mol. The molecule has 0 aromatic rings. The number of hydrogen-bond acceptors (Lipinski definition) is 5. The van der Waals surface area contributed by atoms with Crippen molar-refractivity contribution in [3.8, 4) is 0 Å². The van der Waals surface area contributed by atoms with Crippen molar-refractivity contribution in [2.75, 3.05) is 5.88 Å². The van der Waals surface area contributed by atoms with E-state index >= 15 is 0 Å². The minimum atomic E-state index is -0.465. The molecule has 2 bridgehead atoms. The molecule has 1 heterocycles. The zero-order chi connectivity index (χ0) is 19.0. The van der Waals surface area contributed by atoms with Crippen molar-refractivity contribution in [2.24, 2.45) is 27.8 Å². The predicted octanol–water partition coefficient (Wildman–Crippen LogP) is 3.78. The van der Waals surface area contributed by atoms with Gasteiger partial charge in [-0.05, 0) is 37.5 Å². The van der Waals surface area contributed by atoms with Gasteiger partial charge >= 0.3 is 0 Å². The number of hydrazone groups is 1. The van der Waals surface area contributed by atoms with Gasteiger partial charge in [0.1, 0.15) is 0 Å². The minimum absolute atomic E-state index is 0.0558. The van der Waals surface area contributed by atoms with E-state index in [4.69, 9.17) is 12.2 Å².